The molecular weight excluding hydrogens is 326 g/mol. The van der Waals surface area contributed by atoms with Gasteiger partial charge in [0.15, 0.2) is 0 Å². The van der Waals surface area contributed by atoms with Crippen LogP contribution < -0.4 is 10.6 Å². The first kappa shape index (κ1) is 18.6. The number of nitrogens with zero attached hydrogens (tertiary/aromatic N) is 1. The third-order valence-corrected chi connectivity index (χ3v) is 3.90. The van der Waals surface area contributed by atoms with Gasteiger partial charge in [-0.05, 0) is 44.0 Å². The molecule has 1 fully saturated rings. The fourth-order valence-electron chi connectivity index (χ4n) is 2.65. The molecule has 0 aliphatic carbocycles. The molecule has 1 aliphatic rings. The van der Waals surface area contributed by atoms with Crippen molar-refractivity contribution in [3.8, 4) is 0 Å². The minimum Gasteiger partial charge on any atom is -0.453 e. The molecule has 1 aromatic rings. The molecule has 25 heavy (non-hydrogen) atoms. The van der Waals surface area contributed by atoms with Gasteiger partial charge in [0, 0.05) is 24.5 Å². The zero-order valence-corrected chi connectivity index (χ0v) is 14.4. The zero-order chi connectivity index (χ0) is 18.2. The number of methoxy groups -OCH3 is 1. The number of ether oxygens (including phenoxy) is 2. The van der Waals surface area contributed by atoms with E-state index in [-0.39, 0.29) is 11.8 Å². The van der Waals surface area contributed by atoms with Crippen molar-refractivity contribution in [3.63, 3.8) is 0 Å². The zero-order valence-electron chi connectivity index (χ0n) is 14.4. The Kier molecular flexibility index (Phi) is 6.62. The van der Waals surface area contributed by atoms with Crippen molar-refractivity contribution < 1.29 is 23.9 Å². The van der Waals surface area contributed by atoms with Crippen LogP contribution in [0, 0.1) is 5.92 Å². The van der Waals surface area contributed by atoms with Gasteiger partial charge in [0.2, 0.25) is 5.91 Å². The van der Waals surface area contributed by atoms with Gasteiger partial charge in [0.1, 0.15) is 0 Å². The van der Waals surface area contributed by atoms with E-state index in [1.807, 2.05) is 0 Å². The van der Waals surface area contributed by atoms with Gasteiger partial charge in [-0.1, -0.05) is 0 Å². The van der Waals surface area contributed by atoms with Crippen LogP contribution in [0.2, 0.25) is 0 Å². The van der Waals surface area contributed by atoms with Gasteiger partial charge in [-0.2, -0.15) is 0 Å². The summed E-state index contributed by atoms with van der Waals surface area (Å²) < 4.78 is 9.51. The molecule has 2 rings (SSSR count). The summed E-state index contributed by atoms with van der Waals surface area (Å²) in [5.41, 5.74) is 1.19. The molecule has 136 valence electrons. The second-order valence-electron chi connectivity index (χ2n) is 5.67. The molecule has 1 saturated heterocycles. The Hall–Kier alpha value is -2.77. The summed E-state index contributed by atoms with van der Waals surface area (Å²) in [5, 5.41) is 5.41. The van der Waals surface area contributed by atoms with Crippen molar-refractivity contribution in [3.05, 3.63) is 24.3 Å². The molecule has 0 spiro atoms. The average molecular weight is 349 g/mol. The summed E-state index contributed by atoms with van der Waals surface area (Å²) in [7, 11) is 1.33. The maximum atomic E-state index is 12.4. The van der Waals surface area contributed by atoms with Crippen molar-refractivity contribution in [2.45, 2.75) is 19.8 Å². The Balaban J connectivity index is 1.89. The van der Waals surface area contributed by atoms with Crippen LogP contribution >= 0.6 is 0 Å². The second kappa shape index (κ2) is 8.91. The fraction of sp³-hybridized carbons (Fsp3) is 0.471. The van der Waals surface area contributed by atoms with Crippen LogP contribution in [0.15, 0.2) is 24.3 Å². The van der Waals surface area contributed by atoms with Gasteiger partial charge < -0.3 is 19.7 Å². The number of piperidine rings is 1. The monoisotopic (exact) mass is 349 g/mol. The molecule has 0 aromatic heterocycles. The molecule has 3 amide bonds. The maximum Gasteiger partial charge on any atom is 0.411 e. The quantitative estimate of drug-likeness (QED) is 0.871. The van der Waals surface area contributed by atoms with Gasteiger partial charge in [-0.15, -0.1) is 0 Å². The molecule has 1 aliphatic heterocycles. The highest BCUT2D eigenvalue weighted by Crippen LogP contribution is 2.20. The smallest absolute Gasteiger partial charge is 0.411 e. The molecule has 0 bridgehead atoms. The standard InChI is InChI=1S/C17H23N3O5/c1-3-25-16(22)19-14-8-6-13(7-9-14)18-15(21)12-5-4-10-20(11-12)17(23)24-2/h6-9,12H,3-5,10-11H2,1-2H3,(H,18,21)(H,19,22)/t12-/m0/s1. The topological polar surface area (TPSA) is 97.0 Å². The summed E-state index contributed by atoms with van der Waals surface area (Å²) in [6, 6.07) is 6.74. The Labute approximate surface area is 146 Å². The third kappa shape index (κ3) is 5.37. The lowest BCUT2D eigenvalue weighted by Crippen LogP contribution is -2.43. The minimum atomic E-state index is -0.524. The summed E-state index contributed by atoms with van der Waals surface area (Å²) in [6.45, 7) is 2.97. The van der Waals surface area contributed by atoms with Crippen LogP contribution in [0.25, 0.3) is 0 Å². The number of carbonyl (C=O) groups excluding carboxylic acids is 3. The van der Waals surface area contributed by atoms with Gasteiger partial charge in [0.05, 0.1) is 19.6 Å². The van der Waals surface area contributed by atoms with Crippen molar-refractivity contribution >= 4 is 29.5 Å². The largest absolute Gasteiger partial charge is 0.453 e. The molecule has 1 heterocycles. The van der Waals surface area contributed by atoms with Crippen molar-refractivity contribution in [1.29, 1.82) is 0 Å². The second-order valence-corrected chi connectivity index (χ2v) is 5.67. The Bertz CT molecular complexity index is 617. The van der Waals surface area contributed by atoms with E-state index in [0.717, 1.165) is 12.8 Å². The highest BCUT2D eigenvalue weighted by Gasteiger charge is 2.28. The number of benzene rings is 1. The summed E-state index contributed by atoms with van der Waals surface area (Å²) in [4.78, 5) is 36.9. The number of nitrogens with one attached hydrogen (secondary N) is 2. The number of rotatable bonds is 4. The summed E-state index contributed by atoms with van der Waals surface area (Å²) in [5.74, 6) is -0.412. The third-order valence-electron chi connectivity index (χ3n) is 3.90. The van der Waals surface area contributed by atoms with Crippen molar-refractivity contribution in [1.82, 2.24) is 4.90 Å². The number of amides is 3. The fourth-order valence-corrected chi connectivity index (χ4v) is 2.65. The molecule has 8 heteroatoms. The Morgan fingerprint density at radius 1 is 1.16 bits per heavy atom. The predicted octanol–water partition coefficient (Wildman–Crippen LogP) is 2.67. The average Bonchev–Trinajstić information content (AvgIpc) is 2.63. The number of anilines is 2. The highest BCUT2D eigenvalue weighted by atomic mass is 16.5. The van der Waals surface area contributed by atoms with E-state index in [4.69, 9.17) is 9.47 Å². The van der Waals surface area contributed by atoms with Crippen molar-refractivity contribution in [2.24, 2.45) is 5.92 Å². The summed E-state index contributed by atoms with van der Waals surface area (Å²) >= 11 is 0. The summed E-state index contributed by atoms with van der Waals surface area (Å²) in [6.07, 6.45) is 0.550. The van der Waals surface area contributed by atoms with E-state index < -0.39 is 12.2 Å². The van der Waals surface area contributed by atoms with Gasteiger partial charge in [-0.3, -0.25) is 10.1 Å². The molecular formula is C17H23N3O5. The minimum absolute atomic E-state index is 0.139. The maximum absolute atomic E-state index is 12.4. The molecule has 1 aromatic carbocycles. The van der Waals surface area contributed by atoms with E-state index in [0.29, 0.717) is 31.1 Å². The van der Waals surface area contributed by atoms with E-state index in [2.05, 4.69) is 10.6 Å². The van der Waals surface area contributed by atoms with Crippen LogP contribution in [0.5, 0.6) is 0 Å². The van der Waals surface area contributed by atoms with E-state index in [9.17, 15) is 14.4 Å². The molecule has 1 atom stereocenters. The normalized spacial score (nSPS) is 16.7. The molecule has 8 nitrogen and oxygen atoms in total. The van der Waals surface area contributed by atoms with Crippen molar-refractivity contribution in [2.75, 3.05) is 37.4 Å². The van der Waals surface area contributed by atoms with Crippen LogP contribution in [0.1, 0.15) is 19.8 Å². The Morgan fingerprint density at radius 2 is 1.80 bits per heavy atom. The van der Waals surface area contributed by atoms with E-state index >= 15 is 0 Å². The predicted molar refractivity (Wildman–Crippen MR) is 92.4 cm³/mol. The van der Waals surface area contributed by atoms with Crippen LogP contribution in [0.4, 0.5) is 21.0 Å². The highest BCUT2D eigenvalue weighted by molar-refractivity contribution is 5.93. The lowest BCUT2D eigenvalue weighted by atomic mass is 9.97. The molecule has 2 N–H and O–H groups in total. The van der Waals surface area contributed by atoms with Gasteiger partial charge in [0.25, 0.3) is 0 Å². The van der Waals surface area contributed by atoms with Crippen LogP contribution in [-0.2, 0) is 14.3 Å². The molecule has 0 unspecified atom stereocenters. The van der Waals surface area contributed by atoms with Crippen LogP contribution in [0.3, 0.4) is 0 Å². The van der Waals surface area contributed by atoms with Gasteiger partial charge in [-0.25, -0.2) is 9.59 Å². The Morgan fingerprint density at radius 3 is 2.40 bits per heavy atom. The number of carbonyl (C=O) groups is 3. The molecule has 0 saturated carbocycles. The number of hydrogen-bond acceptors (Lipinski definition) is 5. The first-order valence-corrected chi connectivity index (χ1v) is 8.21. The lowest BCUT2D eigenvalue weighted by molar-refractivity contribution is -0.121. The molecule has 0 radical (unpaired) electrons. The SMILES string of the molecule is CCOC(=O)Nc1ccc(NC(=O)[C@H]2CCCN(C(=O)OC)C2)cc1. The first-order valence-electron chi connectivity index (χ1n) is 8.21. The number of hydrogen-bond donors (Lipinski definition) is 2. The lowest BCUT2D eigenvalue weighted by Gasteiger charge is -2.30. The van der Waals surface area contributed by atoms with Gasteiger partial charge >= 0.3 is 12.2 Å². The van der Waals surface area contributed by atoms with E-state index in [1.165, 1.54) is 7.11 Å². The first-order chi connectivity index (χ1) is 12.0. The van der Waals surface area contributed by atoms with Crippen LogP contribution in [-0.4, -0.2) is 49.8 Å². The number of likely N-dealkylation sites (tertiary alicyclic amines) is 1. The van der Waals surface area contributed by atoms with E-state index in [1.54, 1.807) is 36.1 Å².